The average Bonchev–Trinajstić information content (AvgIpc) is 2.17. The van der Waals surface area contributed by atoms with Crippen molar-refractivity contribution in [2.45, 2.75) is 5.06 Å². The quantitative estimate of drug-likeness (QED) is 0.285. The fourth-order valence-corrected chi connectivity index (χ4v) is 0.578. The molecule has 0 aromatic carbocycles. The second-order valence-corrected chi connectivity index (χ2v) is 2.38. The molecule has 1 fully saturated rings. The molecule has 0 radical (unpaired) electrons. The SMILES string of the molecule is [N-]=[N+]1SC1(O)C(=O)O. The Labute approximate surface area is 48.6 Å². The first-order valence-electron chi connectivity index (χ1n) is 1.71. The van der Waals surface area contributed by atoms with Crippen LogP contribution in [0.25, 0.3) is 5.53 Å². The van der Waals surface area contributed by atoms with E-state index in [1.807, 2.05) is 0 Å². The van der Waals surface area contributed by atoms with Crippen molar-refractivity contribution in [1.29, 1.82) is 0 Å². The van der Waals surface area contributed by atoms with Gasteiger partial charge in [0.2, 0.25) is 0 Å². The lowest BCUT2D eigenvalue weighted by Crippen LogP contribution is -2.23. The van der Waals surface area contributed by atoms with Gasteiger partial charge in [0, 0.05) is 0 Å². The molecule has 6 heteroatoms. The van der Waals surface area contributed by atoms with E-state index in [4.69, 9.17) is 15.7 Å². The van der Waals surface area contributed by atoms with E-state index in [9.17, 15) is 4.79 Å². The number of carbonyl (C=O) groups is 1. The summed E-state index contributed by atoms with van der Waals surface area (Å²) in [6, 6.07) is 0. The number of hydrogen-bond donors (Lipinski definition) is 2. The van der Waals surface area contributed by atoms with Crippen molar-refractivity contribution in [2.75, 3.05) is 0 Å². The molecule has 5 nitrogen and oxygen atoms in total. The summed E-state index contributed by atoms with van der Waals surface area (Å²) in [5.74, 6) is -1.45. The van der Waals surface area contributed by atoms with Crippen LogP contribution in [0.5, 0.6) is 0 Å². The van der Waals surface area contributed by atoms with Crippen molar-refractivity contribution in [3.8, 4) is 0 Å². The van der Waals surface area contributed by atoms with Gasteiger partial charge in [0.05, 0.1) is 0 Å². The third-order valence-corrected chi connectivity index (χ3v) is 1.59. The number of carboxylic acid groups (broad SMARTS) is 1. The number of aliphatic carboxylic acids is 1. The van der Waals surface area contributed by atoms with Crippen LogP contribution in [0.2, 0.25) is 0 Å². The molecule has 0 spiro atoms. The molecule has 0 amide bonds. The standard InChI is InChI=1S/C2H2N2O3S/c3-4-2(7,8-4)1(5)6/h7H,(H,5,6). The third-order valence-electron chi connectivity index (χ3n) is 0.719. The molecule has 1 rings (SSSR count). The summed E-state index contributed by atoms with van der Waals surface area (Å²) in [4.78, 5) is 9.82. The molecule has 44 valence electrons. The summed E-state index contributed by atoms with van der Waals surface area (Å²) in [7, 11) is 0. The Morgan fingerprint density at radius 1 is 1.88 bits per heavy atom. The maximum Gasteiger partial charge on any atom is 0.478 e. The van der Waals surface area contributed by atoms with Gasteiger partial charge < -0.3 is 15.7 Å². The summed E-state index contributed by atoms with van der Waals surface area (Å²) in [6.07, 6.45) is 0. The lowest BCUT2D eigenvalue weighted by atomic mass is 10.6. The third kappa shape index (κ3) is 0.499. The summed E-state index contributed by atoms with van der Waals surface area (Å²) in [6.45, 7) is 0. The highest BCUT2D eigenvalue weighted by molar-refractivity contribution is 8.00. The van der Waals surface area contributed by atoms with Gasteiger partial charge >= 0.3 is 11.0 Å². The highest BCUT2D eigenvalue weighted by Gasteiger charge is 2.68. The molecule has 8 heavy (non-hydrogen) atoms. The van der Waals surface area contributed by atoms with Gasteiger partial charge in [-0.3, -0.25) is 0 Å². The number of carboxylic acids is 1. The minimum atomic E-state index is -2.07. The molecule has 1 saturated heterocycles. The molecule has 0 aromatic rings. The van der Waals surface area contributed by atoms with Crippen molar-refractivity contribution >= 4 is 17.9 Å². The van der Waals surface area contributed by atoms with Crippen molar-refractivity contribution in [3.05, 3.63) is 5.53 Å². The lowest BCUT2D eigenvalue weighted by Gasteiger charge is -1.83. The van der Waals surface area contributed by atoms with E-state index in [2.05, 4.69) is 0 Å². The van der Waals surface area contributed by atoms with Crippen LogP contribution in [-0.2, 0) is 4.79 Å². The average molecular weight is 134 g/mol. The van der Waals surface area contributed by atoms with Crippen LogP contribution in [0.1, 0.15) is 0 Å². The van der Waals surface area contributed by atoms with Gasteiger partial charge in [-0.05, 0) is 0 Å². The van der Waals surface area contributed by atoms with Crippen LogP contribution in [0.3, 0.4) is 0 Å². The topological polar surface area (TPSA) is 82.8 Å². The molecule has 0 bridgehead atoms. The second-order valence-electron chi connectivity index (χ2n) is 1.28. The summed E-state index contributed by atoms with van der Waals surface area (Å²) in [5, 5.41) is 14.5. The van der Waals surface area contributed by atoms with Gasteiger partial charge in [-0.2, -0.15) is 4.10 Å². The Kier molecular flexibility index (Phi) is 0.831. The Balaban J connectivity index is 2.73. The highest BCUT2D eigenvalue weighted by atomic mass is 32.2. The molecular formula is C2H2N2O3S. The maximum atomic E-state index is 9.82. The van der Waals surface area contributed by atoms with E-state index in [1.54, 1.807) is 0 Å². The number of aliphatic hydroxyl groups is 1. The number of rotatable bonds is 1. The van der Waals surface area contributed by atoms with E-state index >= 15 is 0 Å². The van der Waals surface area contributed by atoms with Crippen LogP contribution >= 0.6 is 11.9 Å². The zero-order valence-electron chi connectivity index (χ0n) is 3.61. The fraction of sp³-hybridized carbons (Fsp3) is 0.500. The molecule has 1 unspecified atom stereocenters. The van der Waals surface area contributed by atoms with E-state index in [1.165, 1.54) is 0 Å². The number of nitrogens with zero attached hydrogens (tertiary/aromatic N) is 2. The monoisotopic (exact) mass is 134 g/mol. The van der Waals surface area contributed by atoms with E-state index < -0.39 is 11.0 Å². The highest BCUT2D eigenvalue weighted by Crippen LogP contribution is 2.43. The first-order chi connectivity index (χ1) is 3.57. The minimum absolute atomic E-state index is 0.259. The largest absolute Gasteiger partial charge is 0.487 e. The van der Waals surface area contributed by atoms with E-state index in [-0.39, 0.29) is 4.10 Å². The Morgan fingerprint density at radius 3 is 2.25 bits per heavy atom. The van der Waals surface area contributed by atoms with Gasteiger partial charge in [0.1, 0.15) is 0 Å². The Morgan fingerprint density at radius 2 is 2.25 bits per heavy atom. The first-order valence-corrected chi connectivity index (χ1v) is 2.49. The number of hydrogen-bond acceptors (Lipinski definition) is 3. The summed E-state index contributed by atoms with van der Waals surface area (Å²) < 4.78 is 0.259. The fourth-order valence-electron chi connectivity index (χ4n) is 0.221. The minimum Gasteiger partial charge on any atom is -0.487 e. The van der Waals surface area contributed by atoms with Crippen LogP contribution in [-0.4, -0.2) is 25.3 Å². The molecule has 0 aliphatic carbocycles. The second kappa shape index (κ2) is 1.20. The van der Waals surface area contributed by atoms with Crippen LogP contribution in [0.4, 0.5) is 0 Å². The summed E-state index contributed by atoms with van der Waals surface area (Å²) >= 11 is 0.447. The first kappa shape index (κ1) is 5.52. The molecule has 1 atom stereocenters. The van der Waals surface area contributed by atoms with Crippen molar-refractivity contribution in [2.24, 2.45) is 0 Å². The molecule has 0 saturated carbocycles. The van der Waals surface area contributed by atoms with Gasteiger partial charge in [-0.1, -0.05) is 0 Å². The molecule has 0 aromatic heterocycles. The van der Waals surface area contributed by atoms with Gasteiger partial charge in [0.25, 0.3) is 11.9 Å². The zero-order valence-corrected chi connectivity index (χ0v) is 4.42. The maximum absolute atomic E-state index is 9.82. The molecule has 1 aliphatic heterocycles. The van der Waals surface area contributed by atoms with E-state index in [0.717, 1.165) is 0 Å². The van der Waals surface area contributed by atoms with Crippen molar-refractivity contribution in [1.82, 2.24) is 0 Å². The van der Waals surface area contributed by atoms with Gasteiger partial charge in [0.15, 0.2) is 0 Å². The Bertz CT molecular complexity index is 169. The Hall–Kier alpha value is -0.620. The van der Waals surface area contributed by atoms with Crippen molar-refractivity contribution in [3.63, 3.8) is 0 Å². The molecule has 1 aliphatic rings. The van der Waals surface area contributed by atoms with Crippen LogP contribution < -0.4 is 0 Å². The predicted molar refractivity (Wildman–Crippen MR) is 23.8 cm³/mol. The van der Waals surface area contributed by atoms with Gasteiger partial charge in [-0.25, -0.2) is 4.79 Å². The molecule has 2 N–H and O–H groups in total. The zero-order chi connectivity index (χ0) is 6.36. The lowest BCUT2D eigenvalue weighted by molar-refractivity contribution is -0.401. The molecular weight excluding hydrogens is 132 g/mol. The van der Waals surface area contributed by atoms with Gasteiger partial charge in [-0.15, -0.1) is 0 Å². The van der Waals surface area contributed by atoms with Crippen molar-refractivity contribution < 1.29 is 19.1 Å². The van der Waals surface area contributed by atoms with E-state index in [0.29, 0.717) is 11.9 Å². The predicted octanol–water partition coefficient (Wildman–Crippen LogP) is -0.587. The smallest absolute Gasteiger partial charge is 0.478 e. The van der Waals surface area contributed by atoms with Crippen LogP contribution in [0.15, 0.2) is 0 Å². The van der Waals surface area contributed by atoms with Crippen LogP contribution in [0, 0.1) is 0 Å². The normalized spacial score (nSPS) is 34.9. The summed E-state index contributed by atoms with van der Waals surface area (Å²) in [5.41, 5.74) is 8.22. The molecule has 1 heterocycles.